The third-order valence-electron chi connectivity index (χ3n) is 2.84. The molecule has 1 heterocycles. The van der Waals surface area contributed by atoms with Crippen LogP contribution in [0.25, 0.3) is 22.6 Å². The summed E-state index contributed by atoms with van der Waals surface area (Å²) in [5.74, 6) is 0.574. The number of para-hydroxylation sites is 2. The van der Waals surface area contributed by atoms with Gasteiger partial charge in [0.15, 0.2) is 5.58 Å². The Labute approximate surface area is 114 Å². The zero-order valence-corrected chi connectivity index (χ0v) is 10.7. The molecule has 3 aromatic rings. The number of carbonyl (C=O) groups excluding carboxylic acids is 1. The molecule has 0 N–H and O–H groups in total. The molecule has 3 nitrogen and oxygen atoms in total. The van der Waals surface area contributed by atoms with Crippen LogP contribution in [0.1, 0.15) is 5.56 Å². The van der Waals surface area contributed by atoms with E-state index in [1.807, 2.05) is 48.5 Å². The van der Waals surface area contributed by atoms with Gasteiger partial charge in [0.1, 0.15) is 5.52 Å². The van der Waals surface area contributed by atoms with E-state index < -0.39 is 0 Å². The summed E-state index contributed by atoms with van der Waals surface area (Å²) in [5, 5.41) is -0.366. The number of nitrogens with zero attached hydrogens (tertiary/aromatic N) is 1. The van der Waals surface area contributed by atoms with Crippen LogP contribution >= 0.6 is 11.6 Å². The van der Waals surface area contributed by atoms with Crippen LogP contribution in [-0.4, -0.2) is 10.2 Å². The van der Waals surface area contributed by atoms with Crippen molar-refractivity contribution < 1.29 is 9.21 Å². The molecule has 0 saturated heterocycles. The van der Waals surface area contributed by atoms with Crippen molar-refractivity contribution >= 4 is 27.9 Å². The van der Waals surface area contributed by atoms with Crippen molar-refractivity contribution in [1.82, 2.24) is 4.98 Å². The number of halogens is 1. The largest absolute Gasteiger partial charge is 0.436 e. The van der Waals surface area contributed by atoms with Gasteiger partial charge in [0.05, 0.1) is 0 Å². The van der Waals surface area contributed by atoms with Crippen molar-refractivity contribution in [3.63, 3.8) is 0 Å². The fourth-order valence-corrected chi connectivity index (χ4v) is 2.08. The smallest absolute Gasteiger partial charge is 0.227 e. The maximum atomic E-state index is 10.8. The van der Waals surface area contributed by atoms with Gasteiger partial charge in [-0.15, -0.1) is 0 Å². The van der Waals surface area contributed by atoms with Crippen molar-refractivity contribution in [2.45, 2.75) is 6.42 Å². The van der Waals surface area contributed by atoms with Crippen molar-refractivity contribution in [2.24, 2.45) is 0 Å². The van der Waals surface area contributed by atoms with Crippen molar-refractivity contribution in [3.05, 3.63) is 54.1 Å². The zero-order valence-electron chi connectivity index (χ0n) is 9.97. The average Bonchev–Trinajstić information content (AvgIpc) is 2.82. The van der Waals surface area contributed by atoms with Crippen LogP contribution in [0.15, 0.2) is 52.9 Å². The van der Waals surface area contributed by atoms with Gasteiger partial charge >= 0.3 is 0 Å². The summed E-state index contributed by atoms with van der Waals surface area (Å²) in [4.78, 5) is 15.2. The highest BCUT2D eigenvalue weighted by molar-refractivity contribution is 6.63. The van der Waals surface area contributed by atoms with E-state index in [-0.39, 0.29) is 11.7 Å². The Kier molecular flexibility index (Phi) is 3.05. The van der Waals surface area contributed by atoms with E-state index in [9.17, 15) is 4.79 Å². The Morgan fingerprint density at radius 3 is 2.53 bits per heavy atom. The van der Waals surface area contributed by atoms with Crippen LogP contribution in [0.4, 0.5) is 0 Å². The molecular weight excluding hydrogens is 262 g/mol. The summed E-state index contributed by atoms with van der Waals surface area (Å²) < 4.78 is 5.67. The number of benzene rings is 2. The Hall–Kier alpha value is -2.13. The average molecular weight is 272 g/mol. The van der Waals surface area contributed by atoms with Gasteiger partial charge in [-0.2, -0.15) is 0 Å². The molecule has 0 aliphatic heterocycles. The van der Waals surface area contributed by atoms with E-state index in [1.54, 1.807) is 0 Å². The topological polar surface area (TPSA) is 43.1 Å². The summed E-state index contributed by atoms with van der Waals surface area (Å²) in [6, 6.07) is 15.1. The fourth-order valence-electron chi connectivity index (χ4n) is 1.92. The molecule has 0 spiro atoms. The predicted octanol–water partition coefficient (Wildman–Crippen LogP) is 3.80. The number of hydrogen-bond donors (Lipinski definition) is 0. The molecule has 94 valence electrons. The third-order valence-corrected chi connectivity index (χ3v) is 2.97. The van der Waals surface area contributed by atoms with Gasteiger partial charge in [-0.05, 0) is 41.4 Å². The van der Waals surface area contributed by atoms with Crippen molar-refractivity contribution in [1.29, 1.82) is 0 Å². The van der Waals surface area contributed by atoms with E-state index >= 15 is 0 Å². The molecule has 0 unspecified atom stereocenters. The number of hydrogen-bond acceptors (Lipinski definition) is 3. The molecule has 0 bridgehead atoms. The lowest BCUT2D eigenvalue weighted by molar-refractivity contribution is -0.111. The van der Waals surface area contributed by atoms with Crippen molar-refractivity contribution in [2.75, 3.05) is 0 Å². The monoisotopic (exact) mass is 271 g/mol. The van der Waals surface area contributed by atoms with Crippen LogP contribution in [0.2, 0.25) is 0 Å². The summed E-state index contributed by atoms with van der Waals surface area (Å²) in [7, 11) is 0. The first-order valence-electron chi connectivity index (χ1n) is 5.85. The molecule has 0 atom stereocenters. The molecule has 0 fully saturated rings. The second-order valence-corrected chi connectivity index (χ2v) is 4.64. The highest BCUT2D eigenvalue weighted by Crippen LogP contribution is 2.24. The SMILES string of the molecule is O=C(Cl)Cc1ccc(-c2nc3ccccc3o2)cc1. The van der Waals surface area contributed by atoms with Gasteiger partial charge in [-0.3, -0.25) is 4.79 Å². The standard InChI is InChI=1S/C15H10ClNO2/c16-14(18)9-10-5-7-11(8-6-10)15-17-12-3-1-2-4-13(12)19-15/h1-8H,9H2. The molecule has 0 aliphatic carbocycles. The Morgan fingerprint density at radius 1 is 1.11 bits per heavy atom. The molecule has 4 heteroatoms. The lowest BCUT2D eigenvalue weighted by Gasteiger charge is -1.98. The molecular formula is C15H10ClNO2. The molecule has 3 rings (SSSR count). The number of carbonyl (C=O) groups is 1. The minimum Gasteiger partial charge on any atom is -0.436 e. The van der Waals surface area contributed by atoms with Gasteiger partial charge in [0, 0.05) is 12.0 Å². The first kappa shape index (κ1) is 11.9. The Bertz CT molecular complexity index is 698. The fraction of sp³-hybridized carbons (Fsp3) is 0.0667. The van der Waals surface area contributed by atoms with Crippen LogP contribution in [0.5, 0.6) is 0 Å². The number of oxazole rings is 1. The second-order valence-electron chi connectivity index (χ2n) is 4.22. The normalized spacial score (nSPS) is 10.8. The number of rotatable bonds is 3. The minimum absolute atomic E-state index is 0.232. The lowest BCUT2D eigenvalue weighted by Crippen LogP contribution is -1.92. The molecule has 19 heavy (non-hydrogen) atoms. The van der Waals surface area contributed by atoms with Gasteiger partial charge in [0.2, 0.25) is 11.1 Å². The minimum atomic E-state index is -0.366. The predicted molar refractivity (Wildman–Crippen MR) is 74.0 cm³/mol. The third kappa shape index (κ3) is 2.51. The molecule has 0 amide bonds. The summed E-state index contributed by atoms with van der Waals surface area (Å²) >= 11 is 5.35. The van der Waals surface area contributed by atoms with Crippen LogP contribution in [-0.2, 0) is 11.2 Å². The highest BCUT2D eigenvalue weighted by atomic mass is 35.5. The van der Waals surface area contributed by atoms with Crippen LogP contribution < -0.4 is 0 Å². The highest BCUT2D eigenvalue weighted by Gasteiger charge is 2.08. The quantitative estimate of drug-likeness (QED) is 0.681. The van der Waals surface area contributed by atoms with E-state index in [1.165, 1.54) is 0 Å². The van der Waals surface area contributed by atoms with Crippen LogP contribution in [0, 0.1) is 0 Å². The molecule has 1 aromatic heterocycles. The van der Waals surface area contributed by atoms with E-state index in [2.05, 4.69) is 4.98 Å². The van der Waals surface area contributed by atoms with E-state index in [0.29, 0.717) is 5.89 Å². The zero-order chi connectivity index (χ0) is 13.2. The summed E-state index contributed by atoms with van der Waals surface area (Å²) in [6.45, 7) is 0. The Morgan fingerprint density at radius 2 is 1.84 bits per heavy atom. The molecule has 0 aliphatic rings. The second kappa shape index (κ2) is 4.86. The van der Waals surface area contributed by atoms with Gasteiger partial charge in [-0.25, -0.2) is 4.98 Å². The van der Waals surface area contributed by atoms with Gasteiger partial charge < -0.3 is 4.42 Å². The lowest BCUT2D eigenvalue weighted by atomic mass is 10.1. The molecule has 2 aromatic carbocycles. The summed E-state index contributed by atoms with van der Waals surface area (Å²) in [5.41, 5.74) is 3.34. The first-order chi connectivity index (χ1) is 9.22. The maximum absolute atomic E-state index is 10.8. The Balaban J connectivity index is 1.95. The van der Waals surface area contributed by atoms with Crippen molar-refractivity contribution in [3.8, 4) is 11.5 Å². The maximum Gasteiger partial charge on any atom is 0.227 e. The van der Waals surface area contributed by atoms with Gasteiger partial charge in [0.25, 0.3) is 0 Å². The van der Waals surface area contributed by atoms with Gasteiger partial charge in [-0.1, -0.05) is 24.3 Å². The first-order valence-corrected chi connectivity index (χ1v) is 6.23. The van der Waals surface area contributed by atoms with Crippen LogP contribution in [0.3, 0.4) is 0 Å². The summed E-state index contributed by atoms with van der Waals surface area (Å²) in [6.07, 6.45) is 0.232. The molecule has 0 saturated carbocycles. The number of fused-ring (bicyclic) bond motifs is 1. The van der Waals surface area contributed by atoms with E-state index in [0.717, 1.165) is 22.2 Å². The molecule has 0 radical (unpaired) electrons. The van der Waals surface area contributed by atoms with E-state index in [4.69, 9.17) is 16.0 Å². The number of aromatic nitrogens is 1.